The number of anilines is 1. The van der Waals surface area contributed by atoms with Gasteiger partial charge in [-0.3, -0.25) is 0 Å². The van der Waals surface area contributed by atoms with E-state index in [1.165, 1.54) is 25.3 Å². The first kappa shape index (κ1) is 24.1. The zero-order valence-corrected chi connectivity index (χ0v) is 19.4. The molecule has 0 aliphatic rings. The van der Waals surface area contributed by atoms with E-state index in [1.807, 2.05) is 49.1 Å². The second kappa shape index (κ2) is 9.69. The average Bonchev–Trinajstić information content (AvgIpc) is 2.88. The molecule has 180 valence electrons. The molecular formula is C26H23F3N4O2. The number of aromatic nitrogens is 3. The van der Waals surface area contributed by atoms with Gasteiger partial charge in [0.15, 0.2) is 0 Å². The number of benzene rings is 2. The molecule has 2 aromatic carbocycles. The number of hydrogen-bond donors (Lipinski definition) is 0. The zero-order chi connectivity index (χ0) is 25.2. The Morgan fingerprint density at radius 2 is 1.54 bits per heavy atom. The van der Waals surface area contributed by atoms with Crippen molar-refractivity contribution in [3.05, 3.63) is 71.9 Å². The van der Waals surface area contributed by atoms with Crippen LogP contribution in [0.4, 0.5) is 19.1 Å². The first-order chi connectivity index (χ1) is 16.8. The summed E-state index contributed by atoms with van der Waals surface area (Å²) >= 11 is 0. The summed E-state index contributed by atoms with van der Waals surface area (Å²) in [4.78, 5) is 28.5. The van der Waals surface area contributed by atoms with Crippen molar-refractivity contribution in [1.82, 2.24) is 15.0 Å². The summed E-state index contributed by atoms with van der Waals surface area (Å²) in [7, 11) is 1.24. The van der Waals surface area contributed by atoms with Gasteiger partial charge in [-0.15, -0.1) is 0 Å². The third-order valence-electron chi connectivity index (χ3n) is 5.65. The van der Waals surface area contributed by atoms with Gasteiger partial charge in [0.2, 0.25) is 5.95 Å². The summed E-state index contributed by atoms with van der Waals surface area (Å²) in [6.45, 7) is 5.27. The van der Waals surface area contributed by atoms with E-state index in [-0.39, 0.29) is 5.69 Å². The Labute approximate surface area is 200 Å². The highest BCUT2D eigenvalue weighted by atomic mass is 19.4. The predicted octanol–water partition coefficient (Wildman–Crippen LogP) is 6.01. The highest BCUT2D eigenvalue weighted by Gasteiger charge is 2.30. The van der Waals surface area contributed by atoms with Crippen molar-refractivity contribution < 1.29 is 22.7 Å². The molecule has 0 N–H and O–H groups in total. The fraction of sp³-hybridized carbons (Fsp3) is 0.231. The Morgan fingerprint density at radius 1 is 0.886 bits per heavy atom. The van der Waals surface area contributed by atoms with Crippen LogP contribution < -0.4 is 4.90 Å². The van der Waals surface area contributed by atoms with Crippen molar-refractivity contribution in [2.75, 3.05) is 25.1 Å². The maximum atomic E-state index is 13.2. The highest BCUT2D eigenvalue weighted by Crippen LogP contribution is 2.36. The molecule has 0 unspecified atom stereocenters. The van der Waals surface area contributed by atoms with Crippen molar-refractivity contribution in [1.29, 1.82) is 0 Å². The number of methoxy groups -OCH3 is 1. The number of carbonyl (C=O) groups is 1. The van der Waals surface area contributed by atoms with Crippen LogP contribution in [0.1, 0.15) is 29.9 Å². The molecule has 0 saturated heterocycles. The molecule has 0 aliphatic carbocycles. The monoisotopic (exact) mass is 480 g/mol. The zero-order valence-electron chi connectivity index (χ0n) is 19.4. The average molecular weight is 480 g/mol. The summed E-state index contributed by atoms with van der Waals surface area (Å²) in [6.07, 6.45) is -4.46. The molecular weight excluding hydrogens is 457 g/mol. The summed E-state index contributed by atoms with van der Waals surface area (Å²) < 4.78 is 44.3. The maximum Gasteiger partial charge on any atom is 0.416 e. The first-order valence-corrected chi connectivity index (χ1v) is 11.1. The molecule has 0 aliphatic heterocycles. The van der Waals surface area contributed by atoms with Gasteiger partial charge >= 0.3 is 12.1 Å². The van der Waals surface area contributed by atoms with Crippen molar-refractivity contribution >= 4 is 23.0 Å². The summed E-state index contributed by atoms with van der Waals surface area (Å²) in [5.74, 6) is -0.214. The molecule has 6 nitrogen and oxygen atoms in total. The fourth-order valence-corrected chi connectivity index (χ4v) is 3.81. The number of carbonyl (C=O) groups excluding carboxylic acids is 1. The topological polar surface area (TPSA) is 68.2 Å². The molecule has 0 saturated carbocycles. The molecule has 0 atom stereocenters. The molecule has 35 heavy (non-hydrogen) atoms. The number of nitrogens with zero attached hydrogens (tertiary/aromatic N) is 4. The number of esters is 1. The molecule has 0 radical (unpaired) electrons. The second-order valence-electron chi connectivity index (χ2n) is 7.73. The van der Waals surface area contributed by atoms with Crippen LogP contribution in [0, 0.1) is 0 Å². The van der Waals surface area contributed by atoms with Gasteiger partial charge in [-0.1, -0.05) is 42.5 Å². The Kier molecular flexibility index (Phi) is 6.68. The van der Waals surface area contributed by atoms with Gasteiger partial charge in [-0.2, -0.15) is 13.2 Å². The van der Waals surface area contributed by atoms with E-state index in [1.54, 1.807) is 0 Å². The van der Waals surface area contributed by atoms with Gasteiger partial charge in [0.1, 0.15) is 22.4 Å². The van der Waals surface area contributed by atoms with Crippen LogP contribution in [0.15, 0.2) is 60.7 Å². The summed E-state index contributed by atoms with van der Waals surface area (Å²) in [5, 5.41) is 0. The number of halogens is 3. The van der Waals surface area contributed by atoms with E-state index >= 15 is 0 Å². The SMILES string of the molecule is CCN(CC)c1nc(-c2ccccc2)c2nc(C(=O)OC)cc(-c3ccc(C(F)(F)F)cc3)c2n1. The molecule has 0 bridgehead atoms. The molecule has 2 aromatic heterocycles. The first-order valence-electron chi connectivity index (χ1n) is 11.1. The van der Waals surface area contributed by atoms with Crippen LogP contribution in [0.5, 0.6) is 0 Å². The van der Waals surface area contributed by atoms with Crippen LogP contribution in [0.3, 0.4) is 0 Å². The lowest BCUT2D eigenvalue weighted by Gasteiger charge is -2.21. The van der Waals surface area contributed by atoms with Crippen molar-refractivity contribution in [3.63, 3.8) is 0 Å². The Bertz CT molecular complexity index is 1350. The van der Waals surface area contributed by atoms with Gasteiger partial charge in [-0.05, 0) is 37.6 Å². The van der Waals surface area contributed by atoms with E-state index < -0.39 is 17.7 Å². The third-order valence-corrected chi connectivity index (χ3v) is 5.65. The lowest BCUT2D eigenvalue weighted by Crippen LogP contribution is -2.24. The van der Waals surface area contributed by atoms with Gasteiger partial charge in [0.05, 0.1) is 12.7 Å². The minimum Gasteiger partial charge on any atom is -0.464 e. The Hall–Kier alpha value is -4.01. The van der Waals surface area contributed by atoms with E-state index in [4.69, 9.17) is 14.7 Å². The van der Waals surface area contributed by atoms with Gasteiger partial charge in [0.25, 0.3) is 0 Å². The molecule has 0 spiro atoms. The molecule has 0 fully saturated rings. The number of hydrogen-bond acceptors (Lipinski definition) is 6. The van der Waals surface area contributed by atoms with Crippen LogP contribution >= 0.6 is 0 Å². The maximum absolute atomic E-state index is 13.2. The normalized spacial score (nSPS) is 11.5. The van der Waals surface area contributed by atoms with Crippen LogP contribution in [-0.4, -0.2) is 41.1 Å². The van der Waals surface area contributed by atoms with Gasteiger partial charge < -0.3 is 9.64 Å². The molecule has 4 aromatic rings. The highest BCUT2D eigenvalue weighted by molar-refractivity contribution is 6.02. The third kappa shape index (κ3) is 4.80. The smallest absolute Gasteiger partial charge is 0.416 e. The molecule has 2 heterocycles. The van der Waals surface area contributed by atoms with E-state index in [2.05, 4.69) is 4.98 Å². The number of alkyl halides is 3. The number of ether oxygens (including phenoxy) is 1. The summed E-state index contributed by atoms with van der Waals surface area (Å²) in [6, 6.07) is 15.6. The Morgan fingerprint density at radius 3 is 2.11 bits per heavy atom. The molecule has 0 amide bonds. The largest absolute Gasteiger partial charge is 0.464 e. The van der Waals surface area contributed by atoms with E-state index in [0.717, 1.165) is 17.7 Å². The van der Waals surface area contributed by atoms with E-state index in [9.17, 15) is 18.0 Å². The molecule has 4 rings (SSSR count). The lowest BCUT2D eigenvalue weighted by atomic mass is 10.00. The second-order valence-corrected chi connectivity index (χ2v) is 7.73. The minimum atomic E-state index is -4.46. The van der Waals surface area contributed by atoms with E-state index in [0.29, 0.717) is 46.9 Å². The van der Waals surface area contributed by atoms with Crippen molar-refractivity contribution in [2.24, 2.45) is 0 Å². The van der Waals surface area contributed by atoms with Crippen LogP contribution in [-0.2, 0) is 10.9 Å². The van der Waals surface area contributed by atoms with Crippen LogP contribution in [0.2, 0.25) is 0 Å². The van der Waals surface area contributed by atoms with Crippen molar-refractivity contribution in [2.45, 2.75) is 20.0 Å². The number of rotatable bonds is 6. The Balaban J connectivity index is 2.07. The fourth-order valence-electron chi connectivity index (χ4n) is 3.81. The lowest BCUT2D eigenvalue weighted by molar-refractivity contribution is -0.137. The predicted molar refractivity (Wildman–Crippen MR) is 128 cm³/mol. The quantitative estimate of drug-likeness (QED) is 0.315. The number of fused-ring (bicyclic) bond motifs is 1. The van der Waals surface area contributed by atoms with Crippen molar-refractivity contribution in [3.8, 4) is 22.4 Å². The van der Waals surface area contributed by atoms with Gasteiger partial charge in [-0.25, -0.2) is 19.7 Å². The standard InChI is InChI=1S/C26H23F3N4O2/c1-4-33(5-2)25-31-21(17-9-7-6-8-10-17)23-22(32-25)19(15-20(30-23)24(34)35-3)16-11-13-18(14-12-16)26(27,28)29/h6-15H,4-5H2,1-3H3. The van der Waals surface area contributed by atoms with Gasteiger partial charge in [0, 0.05) is 24.2 Å². The summed E-state index contributed by atoms with van der Waals surface area (Å²) in [5.41, 5.74) is 2.20. The minimum absolute atomic E-state index is 0.00580. The van der Waals surface area contributed by atoms with Crippen LogP contribution in [0.25, 0.3) is 33.4 Å². The molecule has 9 heteroatoms. The number of pyridine rings is 1.